The lowest BCUT2D eigenvalue weighted by Gasteiger charge is -2.06. The lowest BCUT2D eigenvalue weighted by Crippen LogP contribution is -1.99. The molecular weight excluding hydrogens is 220 g/mol. The van der Waals surface area contributed by atoms with Crippen LogP contribution in [0.1, 0.15) is 24.2 Å². The highest BCUT2D eigenvalue weighted by atomic mass is 79.9. The predicted molar refractivity (Wildman–Crippen MR) is 49.6 cm³/mol. The van der Waals surface area contributed by atoms with Gasteiger partial charge in [-0.2, -0.15) is 0 Å². The number of hydrogen-bond acceptors (Lipinski definition) is 3. The summed E-state index contributed by atoms with van der Waals surface area (Å²) in [6.45, 7) is 2.61. The van der Waals surface area contributed by atoms with E-state index >= 15 is 0 Å². The second-order valence-electron chi connectivity index (χ2n) is 2.84. The first kappa shape index (κ1) is 8.01. The molecular formula is C8H9BrN2O. The molecule has 1 aromatic heterocycles. The number of nitrogens with zero attached hydrogens (tertiary/aromatic N) is 1. The quantitative estimate of drug-likeness (QED) is 0.740. The number of rotatable bonds is 0. The fourth-order valence-electron chi connectivity index (χ4n) is 1.45. The number of nitrogen functional groups attached to an aromatic ring is 1. The first-order chi connectivity index (χ1) is 5.70. The lowest BCUT2D eigenvalue weighted by molar-refractivity contribution is 0.0797. The van der Waals surface area contributed by atoms with Crippen LogP contribution in [0.2, 0.25) is 0 Å². The summed E-state index contributed by atoms with van der Waals surface area (Å²) in [5.74, 6) is 0.582. The number of hydrogen-bond donors (Lipinski definition) is 1. The number of anilines is 1. The summed E-state index contributed by atoms with van der Waals surface area (Å²) in [6, 6.07) is 0. The van der Waals surface area contributed by atoms with Crippen molar-refractivity contribution in [3.05, 3.63) is 21.8 Å². The Balaban J connectivity index is 2.64. The second-order valence-corrected chi connectivity index (χ2v) is 3.69. The van der Waals surface area contributed by atoms with E-state index in [1.807, 2.05) is 6.92 Å². The van der Waals surface area contributed by atoms with Gasteiger partial charge < -0.3 is 10.5 Å². The molecule has 4 heteroatoms. The van der Waals surface area contributed by atoms with Gasteiger partial charge in [-0.3, -0.25) is 0 Å². The highest BCUT2D eigenvalue weighted by molar-refractivity contribution is 9.10. The summed E-state index contributed by atoms with van der Waals surface area (Å²) in [5, 5.41) is 0. The monoisotopic (exact) mass is 228 g/mol. The van der Waals surface area contributed by atoms with E-state index < -0.39 is 0 Å². The van der Waals surface area contributed by atoms with E-state index in [9.17, 15) is 0 Å². The van der Waals surface area contributed by atoms with Crippen LogP contribution in [0.25, 0.3) is 0 Å². The summed E-state index contributed by atoms with van der Waals surface area (Å²) >= 11 is 3.41. The van der Waals surface area contributed by atoms with Crippen molar-refractivity contribution in [2.75, 3.05) is 5.73 Å². The van der Waals surface area contributed by atoms with Crippen LogP contribution in [0, 0.1) is 0 Å². The molecule has 12 heavy (non-hydrogen) atoms. The van der Waals surface area contributed by atoms with E-state index in [-0.39, 0.29) is 6.10 Å². The molecule has 0 spiro atoms. The largest absolute Gasteiger partial charge is 0.383 e. The molecule has 64 valence electrons. The molecule has 0 aliphatic carbocycles. The molecule has 1 atom stereocenters. The van der Waals surface area contributed by atoms with Crippen molar-refractivity contribution in [1.29, 1.82) is 0 Å². The molecule has 0 saturated carbocycles. The van der Waals surface area contributed by atoms with Crippen molar-refractivity contribution in [2.24, 2.45) is 0 Å². The van der Waals surface area contributed by atoms with Gasteiger partial charge in [-0.15, -0.1) is 0 Å². The van der Waals surface area contributed by atoms with Crippen molar-refractivity contribution in [3.63, 3.8) is 0 Å². The van der Waals surface area contributed by atoms with E-state index in [1.54, 1.807) is 6.20 Å². The van der Waals surface area contributed by atoms with Crippen molar-refractivity contribution in [2.45, 2.75) is 19.6 Å². The maximum atomic E-state index is 5.72. The fraction of sp³-hybridized carbons (Fsp3) is 0.375. The smallest absolute Gasteiger partial charge is 0.129 e. The fourth-order valence-corrected chi connectivity index (χ4v) is 1.88. The van der Waals surface area contributed by atoms with Crippen LogP contribution in [-0.4, -0.2) is 4.98 Å². The third-order valence-electron chi connectivity index (χ3n) is 2.09. The molecule has 0 fully saturated rings. The van der Waals surface area contributed by atoms with Crippen LogP contribution < -0.4 is 5.73 Å². The zero-order valence-corrected chi connectivity index (χ0v) is 8.26. The second kappa shape index (κ2) is 2.71. The number of nitrogens with two attached hydrogens (primary N) is 1. The van der Waals surface area contributed by atoms with Crippen LogP contribution in [0.4, 0.5) is 5.82 Å². The third-order valence-corrected chi connectivity index (χ3v) is 2.77. The molecule has 3 nitrogen and oxygen atoms in total. The number of fused-ring (bicyclic) bond motifs is 1. The van der Waals surface area contributed by atoms with E-state index in [1.165, 1.54) is 0 Å². The minimum atomic E-state index is 0.0741. The van der Waals surface area contributed by atoms with Crippen molar-refractivity contribution >= 4 is 21.7 Å². The molecule has 0 amide bonds. The molecule has 2 N–H and O–H groups in total. The maximum absolute atomic E-state index is 5.72. The summed E-state index contributed by atoms with van der Waals surface area (Å²) in [5.41, 5.74) is 7.89. The van der Waals surface area contributed by atoms with Gasteiger partial charge in [0.05, 0.1) is 12.7 Å². The van der Waals surface area contributed by atoms with E-state index in [0.717, 1.165) is 15.6 Å². The third kappa shape index (κ3) is 1.03. The summed E-state index contributed by atoms with van der Waals surface area (Å²) in [6.07, 6.45) is 1.79. The summed E-state index contributed by atoms with van der Waals surface area (Å²) < 4.78 is 6.42. The van der Waals surface area contributed by atoms with Crippen LogP contribution >= 0.6 is 15.9 Å². The lowest BCUT2D eigenvalue weighted by atomic mass is 10.1. The van der Waals surface area contributed by atoms with Gasteiger partial charge in [0.1, 0.15) is 5.82 Å². The van der Waals surface area contributed by atoms with E-state index in [4.69, 9.17) is 10.5 Å². The molecule has 0 aromatic carbocycles. The normalized spacial score (nSPS) is 21.0. The van der Waals surface area contributed by atoms with Gasteiger partial charge in [-0.25, -0.2) is 4.98 Å². The Kier molecular flexibility index (Phi) is 1.81. The van der Waals surface area contributed by atoms with Crippen molar-refractivity contribution in [3.8, 4) is 0 Å². The Morgan fingerprint density at radius 1 is 1.75 bits per heavy atom. The van der Waals surface area contributed by atoms with Gasteiger partial charge >= 0.3 is 0 Å². The van der Waals surface area contributed by atoms with Gasteiger partial charge in [-0.1, -0.05) is 0 Å². The van der Waals surface area contributed by atoms with E-state index in [2.05, 4.69) is 20.9 Å². The van der Waals surface area contributed by atoms with Crippen LogP contribution in [0.15, 0.2) is 10.7 Å². The zero-order chi connectivity index (χ0) is 8.72. The average Bonchev–Trinajstić information content (AvgIpc) is 2.42. The first-order valence-corrected chi connectivity index (χ1v) is 4.54. The van der Waals surface area contributed by atoms with Gasteiger partial charge in [0.15, 0.2) is 0 Å². The van der Waals surface area contributed by atoms with Crippen LogP contribution in [-0.2, 0) is 11.3 Å². The summed E-state index contributed by atoms with van der Waals surface area (Å²) in [4.78, 5) is 4.05. The number of aromatic nitrogens is 1. The Morgan fingerprint density at radius 2 is 2.50 bits per heavy atom. The Hall–Kier alpha value is -0.610. The number of ether oxygens (including phenoxy) is 1. The first-order valence-electron chi connectivity index (χ1n) is 3.74. The molecule has 1 aliphatic rings. The predicted octanol–water partition coefficient (Wildman–Crippen LogP) is 2.02. The Bertz CT molecular complexity index is 327. The van der Waals surface area contributed by atoms with Gasteiger partial charge in [-0.05, 0) is 22.9 Å². The van der Waals surface area contributed by atoms with Crippen molar-refractivity contribution in [1.82, 2.24) is 4.98 Å². The van der Waals surface area contributed by atoms with Crippen molar-refractivity contribution < 1.29 is 4.74 Å². The SMILES string of the molecule is CC1OCc2c(Br)cnc(N)c21. The van der Waals surface area contributed by atoms with Gasteiger partial charge in [0.25, 0.3) is 0 Å². The van der Waals surface area contributed by atoms with Crippen LogP contribution in [0.5, 0.6) is 0 Å². The molecule has 1 aromatic rings. The molecule has 1 unspecified atom stereocenters. The Morgan fingerprint density at radius 3 is 3.17 bits per heavy atom. The standard InChI is InChI=1S/C8H9BrN2O/c1-4-7-5(3-12-4)6(9)2-11-8(7)10/h2,4H,3H2,1H3,(H2,10,11). The average molecular weight is 229 g/mol. The molecule has 0 radical (unpaired) electrons. The zero-order valence-electron chi connectivity index (χ0n) is 6.67. The summed E-state index contributed by atoms with van der Waals surface area (Å²) in [7, 11) is 0. The molecule has 1 aliphatic heterocycles. The van der Waals surface area contributed by atoms with Gasteiger partial charge in [0, 0.05) is 21.8 Å². The molecule has 0 bridgehead atoms. The highest BCUT2D eigenvalue weighted by Crippen LogP contribution is 2.37. The number of pyridine rings is 1. The highest BCUT2D eigenvalue weighted by Gasteiger charge is 2.24. The van der Waals surface area contributed by atoms with Crippen LogP contribution in [0.3, 0.4) is 0 Å². The molecule has 2 heterocycles. The minimum absolute atomic E-state index is 0.0741. The van der Waals surface area contributed by atoms with Gasteiger partial charge in [0.2, 0.25) is 0 Å². The van der Waals surface area contributed by atoms with E-state index in [0.29, 0.717) is 12.4 Å². The minimum Gasteiger partial charge on any atom is -0.383 e. The molecule has 2 rings (SSSR count). The molecule has 0 saturated heterocycles. The number of halogens is 1. The maximum Gasteiger partial charge on any atom is 0.129 e. The topological polar surface area (TPSA) is 48.1 Å². The Labute approximate surface area is 79.1 Å².